The van der Waals surface area contributed by atoms with Crippen LogP contribution in [0, 0.1) is 13.8 Å². The van der Waals surface area contributed by atoms with E-state index in [0.717, 1.165) is 11.1 Å². The van der Waals surface area contributed by atoms with Crippen molar-refractivity contribution in [3.8, 4) is 0 Å². The van der Waals surface area contributed by atoms with E-state index in [0.29, 0.717) is 0 Å². The molecule has 0 heterocycles. The van der Waals surface area contributed by atoms with Gasteiger partial charge in [0.15, 0.2) is 0 Å². The second-order valence-electron chi connectivity index (χ2n) is 5.49. The molecule has 28 heavy (non-hydrogen) atoms. The van der Waals surface area contributed by atoms with Gasteiger partial charge in [-0.1, -0.05) is 44.4 Å². The molecular weight excluding hydrogens is 431 g/mol. The summed E-state index contributed by atoms with van der Waals surface area (Å²) in [6.07, 6.45) is 0. The Morgan fingerprint density at radius 3 is 1.32 bits per heavy atom. The molecule has 0 spiro atoms. The van der Waals surface area contributed by atoms with Gasteiger partial charge in [0, 0.05) is 4.57 Å². The summed E-state index contributed by atoms with van der Waals surface area (Å²) in [7, 11) is -11.0. The van der Waals surface area contributed by atoms with E-state index < -0.39 is 42.1 Å². The summed E-state index contributed by atoms with van der Waals surface area (Å²) in [6, 6.07) is 11.8. The maximum atomic E-state index is 11.9. The molecule has 0 saturated heterocycles. The van der Waals surface area contributed by atoms with Crippen molar-refractivity contribution in [3.63, 3.8) is 0 Å². The van der Waals surface area contributed by atoms with Gasteiger partial charge in [-0.15, -0.1) is 0 Å². The van der Waals surface area contributed by atoms with Gasteiger partial charge in [0.1, 0.15) is 0 Å². The van der Waals surface area contributed by atoms with Crippen LogP contribution in [0.25, 0.3) is 0 Å². The van der Waals surface area contributed by atoms with E-state index in [-0.39, 0.29) is 9.79 Å². The average molecular weight is 449 g/mol. The lowest BCUT2D eigenvalue weighted by atomic mass is 10.2. The minimum Gasteiger partial charge on any atom is -0.232 e. The molecule has 0 fully saturated rings. The van der Waals surface area contributed by atoms with E-state index in [2.05, 4.69) is 17.4 Å². The predicted octanol–water partition coefficient (Wildman–Crippen LogP) is 3.02. The summed E-state index contributed by atoms with van der Waals surface area (Å²) in [5.74, 6) is 0. The zero-order valence-corrected chi connectivity index (χ0v) is 17.5. The van der Waals surface area contributed by atoms with Crippen molar-refractivity contribution in [2.75, 3.05) is 13.6 Å². The molecule has 0 aliphatic carbocycles. The van der Waals surface area contributed by atoms with Crippen LogP contribution in [-0.2, 0) is 42.2 Å². The Bertz CT molecular complexity index is 931. The molecule has 2 rings (SSSR count). The van der Waals surface area contributed by atoms with Crippen LogP contribution in [0.1, 0.15) is 11.1 Å². The average Bonchev–Trinajstić information content (AvgIpc) is 2.62. The van der Waals surface area contributed by atoms with E-state index in [1.54, 1.807) is 38.1 Å². The predicted molar refractivity (Wildman–Crippen MR) is 98.4 cm³/mol. The Morgan fingerprint density at radius 2 is 1.00 bits per heavy atom. The Morgan fingerprint density at radius 1 is 0.679 bits per heavy atom. The summed E-state index contributed by atoms with van der Waals surface area (Å²) >= 11 is 0. The highest BCUT2D eigenvalue weighted by Gasteiger charge is 2.26. The smallest absolute Gasteiger partial charge is 0.232 e. The maximum absolute atomic E-state index is 11.9. The summed E-state index contributed by atoms with van der Waals surface area (Å²) in [6.45, 7) is 1.83. The molecule has 0 unspecified atom stereocenters. The minimum atomic E-state index is -4.09. The molecule has 0 N–H and O–H groups in total. The van der Waals surface area contributed by atoms with Crippen LogP contribution >= 0.6 is 8.25 Å². The maximum Gasteiger partial charge on any atom is 0.702 e. The summed E-state index contributed by atoms with van der Waals surface area (Å²) < 4.78 is 77.5. The lowest BCUT2D eigenvalue weighted by Gasteiger charge is -2.03. The van der Waals surface area contributed by atoms with Gasteiger partial charge in [0.25, 0.3) is 20.2 Å². The molecule has 2 aromatic rings. The fraction of sp³-hybridized carbons (Fsp3) is 0.250. The van der Waals surface area contributed by atoms with Gasteiger partial charge in [0.05, 0.1) is 9.79 Å². The fourth-order valence-corrected chi connectivity index (χ4v) is 3.89. The Kier molecular flexibility index (Phi) is 7.79. The van der Waals surface area contributed by atoms with Crippen molar-refractivity contribution < 1.29 is 38.8 Å². The van der Waals surface area contributed by atoms with Crippen LogP contribution in [0.5, 0.6) is 0 Å². The number of rotatable bonds is 10. The number of aryl methyl sites for hydroxylation is 2. The first-order valence-electron chi connectivity index (χ1n) is 7.75. The molecule has 0 saturated carbocycles. The molecule has 12 heteroatoms. The van der Waals surface area contributed by atoms with Crippen molar-refractivity contribution >= 4 is 28.5 Å². The van der Waals surface area contributed by atoms with Crippen LogP contribution in [-0.4, -0.2) is 30.4 Å². The molecule has 2 aromatic carbocycles. The zero-order valence-electron chi connectivity index (χ0n) is 15.0. The topological polar surface area (TPSA) is 122 Å². The summed E-state index contributed by atoms with van der Waals surface area (Å²) in [5.41, 5.74) is 1.74. The van der Waals surface area contributed by atoms with E-state index >= 15 is 0 Å². The monoisotopic (exact) mass is 449 g/mol. The second-order valence-corrected chi connectivity index (χ2v) is 9.68. The molecule has 0 aromatic heterocycles. The molecule has 0 aliphatic heterocycles. The van der Waals surface area contributed by atoms with Gasteiger partial charge in [-0.2, -0.15) is 16.8 Å². The molecule has 152 valence electrons. The SMILES string of the molecule is Cc1ccc(S(=O)(=O)OCO[P+](=O)OCOS(=O)(=O)c2ccc(C)cc2)cc1. The quantitative estimate of drug-likeness (QED) is 0.306. The van der Waals surface area contributed by atoms with Gasteiger partial charge < -0.3 is 0 Å². The normalized spacial score (nSPS) is 12.1. The van der Waals surface area contributed by atoms with Crippen molar-refractivity contribution in [3.05, 3.63) is 59.7 Å². The van der Waals surface area contributed by atoms with Crippen LogP contribution < -0.4 is 0 Å². The zero-order chi connectivity index (χ0) is 20.8. The van der Waals surface area contributed by atoms with Crippen LogP contribution in [0.15, 0.2) is 58.3 Å². The highest BCUT2D eigenvalue weighted by atomic mass is 32.2. The van der Waals surface area contributed by atoms with Crippen LogP contribution in [0.4, 0.5) is 0 Å². The summed E-state index contributed by atoms with van der Waals surface area (Å²) in [5, 5.41) is 0. The first-order chi connectivity index (χ1) is 13.1. The minimum absolute atomic E-state index is 0.0923. The first kappa shape index (κ1) is 22.6. The Labute approximate surface area is 164 Å². The highest BCUT2D eigenvalue weighted by Crippen LogP contribution is 2.25. The summed E-state index contributed by atoms with van der Waals surface area (Å²) in [4.78, 5) is -0.185. The Balaban J connectivity index is 1.77. The first-order valence-corrected chi connectivity index (χ1v) is 11.7. The van der Waals surface area contributed by atoms with E-state index in [4.69, 9.17) is 0 Å². The fourth-order valence-electron chi connectivity index (χ4n) is 1.84. The number of hydrogen-bond acceptors (Lipinski definition) is 9. The van der Waals surface area contributed by atoms with E-state index in [1.807, 2.05) is 0 Å². The van der Waals surface area contributed by atoms with Crippen LogP contribution in [0.2, 0.25) is 0 Å². The molecule has 9 nitrogen and oxygen atoms in total. The van der Waals surface area contributed by atoms with Crippen molar-refractivity contribution in [2.45, 2.75) is 23.6 Å². The van der Waals surface area contributed by atoms with E-state index in [1.165, 1.54) is 24.3 Å². The van der Waals surface area contributed by atoms with Crippen molar-refractivity contribution in [2.24, 2.45) is 0 Å². The molecule has 0 atom stereocenters. The second kappa shape index (κ2) is 9.66. The standard InChI is InChI=1S/C16H18O9PS2/c1-13-3-7-15(8-4-13)27(18,19)24-11-22-26(17)23-12-25-28(20,21)16-9-5-14(2)6-10-16/h3-10H,11-12H2,1-2H3/q+1. The molecular formula is C16H18O9PS2+. The van der Waals surface area contributed by atoms with Gasteiger partial charge in [-0.05, 0) is 38.1 Å². The lowest BCUT2D eigenvalue weighted by molar-refractivity contribution is 0.0754. The number of benzene rings is 2. The number of hydrogen-bond donors (Lipinski definition) is 0. The van der Waals surface area contributed by atoms with E-state index in [9.17, 15) is 21.4 Å². The molecule has 0 aliphatic rings. The highest BCUT2D eigenvalue weighted by molar-refractivity contribution is 7.87. The van der Waals surface area contributed by atoms with Gasteiger partial charge >= 0.3 is 8.25 Å². The van der Waals surface area contributed by atoms with Gasteiger partial charge in [0.2, 0.25) is 13.6 Å². The third kappa shape index (κ3) is 6.71. The van der Waals surface area contributed by atoms with Gasteiger partial charge in [-0.25, -0.2) is 8.37 Å². The Hall–Kier alpha value is -1.72. The molecule has 0 amide bonds. The van der Waals surface area contributed by atoms with Gasteiger partial charge in [-0.3, -0.25) is 0 Å². The lowest BCUT2D eigenvalue weighted by Crippen LogP contribution is -2.10. The molecule has 0 bridgehead atoms. The van der Waals surface area contributed by atoms with Crippen LogP contribution in [0.3, 0.4) is 0 Å². The largest absolute Gasteiger partial charge is 0.702 e. The van der Waals surface area contributed by atoms with Crippen molar-refractivity contribution in [1.29, 1.82) is 0 Å². The molecule has 0 radical (unpaired) electrons. The van der Waals surface area contributed by atoms with Crippen molar-refractivity contribution in [1.82, 2.24) is 0 Å². The third-order valence-corrected chi connectivity index (χ3v) is 6.49. The third-order valence-electron chi connectivity index (χ3n) is 3.34.